The number of hydrogen-bond acceptors (Lipinski definition) is 10. The number of rotatable bonds is 3. The Morgan fingerprint density at radius 3 is 2.39 bits per heavy atom. The molecule has 0 saturated carbocycles. The van der Waals surface area contributed by atoms with E-state index >= 15 is 4.39 Å². The van der Waals surface area contributed by atoms with Gasteiger partial charge in [0.1, 0.15) is 18.0 Å². The van der Waals surface area contributed by atoms with Gasteiger partial charge in [0.15, 0.2) is 21.3 Å². The van der Waals surface area contributed by atoms with E-state index in [0.717, 1.165) is 9.96 Å². The van der Waals surface area contributed by atoms with Gasteiger partial charge in [0.25, 0.3) is 10.9 Å². The van der Waals surface area contributed by atoms with E-state index in [2.05, 4.69) is 25.1 Å². The summed E-state index contributed by atoms with van der Waals surface area (Å²) in [5.74, 6) is -1.30. The maximum Gasteiger partial charge on any atom is 0.452 e. The predicted octanol–water partition coefficient (Wildman–Crippen LogP) is 2.27. The smallest absolute Gasteiger partial charge is 0.350 e. The Morgan fingerprint density at radius 2 is 1.76 bits per heavy atom. The van der Waals surface area contributed by atoms with Crippen LogP contribution in [0.2, 0.25) is 0 Å². The summed E-state index contributed by atoms with van der Waals surface area (Å²) in [4.78, 5) is 31.3. The fraction of sp³-hybridized carbons (Fsp3) is 0.583. The molecule has 0 aromatic carbocycles. The number of hydrogen-bond donors (Lipinski definition) is 0. The molecule has 6 rings (SSSR count). The van der Waals surface area contributed by atoms with Crippen molar-refractivity contribution in [2.75, 3.05) is 35.2 Å². The van der Waals surface area contributed by atoms with E-state index in [4.69, 9.17) is 0 Å². The summed E-state index contributed by atoms with van der Waals surface area (Å²) in [5, 5.41) is 3.94. The lowest BCUT2D eigenvalue weighted by Crippen LogP contribution is -2.66. The third-order valence-electron chi connectivity index (χ3n) is 8.13. The van der Waals surface area contributed by atoms with Crippen molar-refractivity contribution in [1.29, 1.82) is 0 Å². The van der Waals surface area contributed by atoms with Gasteiger partial charge in [0.05, 0.1) is 18.1 Å². The highest BCUT2D eigenvalue weighted by Gasteiger charge is 2.61. The highest BCUT2D eigenvalue weighted by Crippen LogP contribution is 2.47. The van der Waals surface area contributed by atoms with Crippen molar-refractivity contribution in [3.63, 3.8) is 0 Å². The molecular formula is C24H27F4N9O3S. The van der Waals surface area contributed by atoms with Crippen LogP contribution in [0.5, 0.6) is 0 Å². The molecule has 1 amide bonds. The molecule has 0 radical (unpaired) electrons. The highest BCUT2D eigenvalue weighted by atomic mass is 32.2. The van der Waals surface area contributed by atoms with Crippen LogP contribution in [0, 0.1) is 0 Å². The number of nitrogens with zero attached hydrogens (tertiary/aromatic N) is 9. The van der Waals surface area contributed by atoms with Gasteiger partial charge in [-0.25, -0.2) is 27.8 Å². The first-order valence-corrected chi connectivity index (χ1v) is 14.6. The third-order valence-corrected chi connectivity index (χ3v) is 10.2. The molecule has 6 heterocycles. The number of halogens is 4. The fourth-order valence-electron chi connectivity index (χ4n) is 5.86. The molecule has 3 aromatic heterocycles. The fourth-order valence-corrected chi connectivity index (χ4v) is 7.14. The lowest BCUT2D eigenvalue weighted by atomic mass is 9.87. The van der Waals surface area contributed by atoms with E-state index in [0.29, 0.717) is 18.2 Å². The first-order chi connectivity index (χ1) is 19.0. The number of carbonyl (C=O) groups is 1. The Kier molecular flexibility index (Phi) is 5.83. The Labute approximate surface area is 232 Å². The number of anilines is 3. The molecule has 3 atom stereocenters. The average Bonchev–Trinajstić information content (AvgIpc) is 3.46. The Bertz CT molecular complexity index is 1680. The molecule has 2 saturated heterocycles. The summed E-state index contributed by atoms with van der Waals surface area (Å²) in [6.07, 6.45) is -1.27. The molecule has 1 unspecified atom stereocenters. The quantitative estimate of drug-likeness (QED) is 0.415. The molecular weight excluding hydrogens is 570 g/mol. The van der Waals surface area contributed by atoms with Crippen molar-refractivity contribution in [2.24, 2.45) is 0 Å². The topological polar surface area (TPSA) is 130 Å². The SMILES string of the molecule is C[C@@H]1CN(c2ncnc3c2C(C)(C)CN3c2cn3c(C(F)(F)F)nnc3cn2)[C@@H](C)CN1C(=O)C1(F)CCS1(=O)=O. The van der Waals surface area contributed by atoms with Gasteiger partial charge < -0.3 is 14.7 Å². The molecule has 0 bridgehead atoms. The van der Waals surface area contributed by atoms with Gasteiger partial charge in [-0.2, -0.15) is 13.2 Å². The summed E-state index contributed by atoms with van der Waals surface area (Å²) < 4.78 is 80.6. The zero-order valence-electron chi connectivity index (χ0n) is 22.6. The molecule has 3 aromatic rings. The summed E-state index contributed by atoms with van der Waals surface area (Å²) in [5.41, 5.74) is 0.119. The molecule has 41 heavy (non-hydrogen) atoms. The van der Waals surface area contributed by atoms with Gasteiger partial charge in [-0.15, -0.1) is 10.2 Å². The minimum atomic E-state index is -4.71. The number of fused-ring (bicyclic) bond motifs is 2. The second kappa shape index (κ2) is 8.69. The van der Waals surface area contributed by atoms with Crippen LogP contribution in [0.1, 0.15) is 45.5 Å². The maximum absolute atomic E-state index is 15.1. The number of amides is 1. The van der Waals surface area contributed by atoms with Crippen molar-refractivity contribution in [3.05, 3.63) is 30.1 Å². The van der Waals surface area contributed by atoms with Gasteiger partial charge in [0.2, 0.25) is 5.82 Å². The molecule has 220 valence electrons. The predicted molar refractivity (Wildman–Crippen MR) is 138 cm³/mol. The Balaban J connectivity index is 1.34. The standard InChI is InChI=1S/C24H27F4N9O3S/c1-13-9-35(21(38)23(25)5-6-41(23,39)40)14(2)8-34(13)18-17-19(31-12-30-18)37(11-22(17,3)4)16-10-36-15(7-29-16)32-33-20(36)24(26,27)28/h7,10,12-14H,5-6,8-9,11H2,1-4H3/t13-,14+,23?/m0/s1. The number of alkyl halides is 4. The van der Waals surface area contributed by atoms with Crippen molar-refractivity contribution >= 4 is 38.8 Å². The third kappa shape index (κ3) is 4.02. The lowest BCUT2D eigenvalue weighted by Gasteiger charge is -2.47. The van der Waals surface area contributed by atoms with E-state index in [-0.39, 0.29) is 42.8 Å². The van der Waals surface area contributed by atoms with Gasteiger partial charge in [-0.3, -0.25) is 9.20 Å². The number of carbonyl (C=O) groups excluding carboxylic acids is 1. The van der Waals surface area contributed by atoms with E-state index in [1.54, 1.807) is 11.8 Å². The van der Waals surface area contributed by atoms with Crippen molar-refractivity contribution in [3.8, 4) is 0 Å². The minimum absolute atomic E-state index is 0.0527. The summed E-state index contributed by atoms with van der Waals surface area (Å²) >= 11 is 0. The first kappa shape index (κ1) is 27.5. The van der Waals surface area contributed by atoms with Crippen LogP contribution in [0.4, 0.5) is 35.0 Å². The van der Waals surface area contributed by atoms with Crippen LogP contribution in [0.15, 0.2) is 18.7 Å². The van der Waals surface area contributed by atoms with Gasteiger partial charge >= 0.3 is 6.18 Å². The Morgan fingerprint density at radius 1 is 1.05 bits per heavy atom. The second-order valence-electron chi connectivity index (χ2n) is 11.5. The minimum Gasteiger partial charge on any atom is -0.350 e. The molecule has 3 aliphatic rings. The van der Waals surface area contributed by atoms with Gasteiger partial charge in [-0.05, 0) is 13.8 Å². The van der Waals surface area contributed by atoms with E-state index < -0.39 is 44.2 Å². The van der Waals surface area contributed by atoms with Crippen LogP contribution in [0.3, 0.4) is 0 Å². The zero-order valence-corrected chi connectivity index (χ0v) is 23.4. The maximum atomic E-state index is 15.1. The summed E-state index contributed by atoms with van der Waals surface area (Å²) in [7, 11) is -4.13. The average molecular weight is 598 g/mol. The van der Waals surface area contributed by atoms with Crippen molar-refractivity contribution in [2.45, 2.75) is 62.8 Å². The van der Waals surface area contributed by atoms with Crippen molar-refractivity contribution < 1.29 is 30.8 Å². The first-order valence-electron chi connectivity index (χ1n) is 12.9. The Hall–Kier alpha value is -3.63. The van der Waals surface area contributed by atoms with Gasteiger partial charge in [0, 0.05) is 49.1 Å². The van der Waals surface area contributed by atoms with Crippen LogP contribution in [0.25, 0.3) is 5.65 Å². The van der Waals surface area contributed by atoms with E-state index in [1.165, 1.54) is 23.6 Å². The lowest BCUT2D eigenvalue weighted by molar-refractivity contribution is -0.145. The number of piperazine rings is 1. The molecule has 3 aliphatic heterocycles. The molecule has 2 fully saturated rings. The highest BCUT2D eigenvalue weighted by molar-refractivity contribution is 7.94. The van der Waals surface area contributed by atoms with Crippen LogP contribution >= 0.6 is 0 Å². The zero-order chi connectivity index (χ0) is 29.7. The molecule has 12 nitrogen and oxygen atoms in total. The van der Waals surface area contributed by atoms with Gasteiger partial charge in [-0.1, -0.05) is 13.8 Å². The molecule has 0 N–H and O–H groups in total. The second-order valence-corrected chi connectivity index (χ2v) is 13.8. The summed E-state index contributed by atoms with van der Waals surface area (Å²) in [6.45, 7) is 8.14. The summed E-state index contributed by atoms with van der Waals surface area (Å²) in [6, 6.07) is -0.877. The molecule has 0 spiro atoms. The van der Waals surface area contributed by atoms with Crippen LogP contribution in [-0.4, -0.2) is 91.2 Å². The van der Waals surface area contributed by atoms with E-state index in [1.807, 2.05) is 25.7 Å². The normalized spacial score (nSPS) is 27.2. The van der Waals surface area contributed by atoms with Crippen LogP contribution in [-0.2, 0) is 26.2 Å². The monoisotopic (exact) mass is 597 g/mol. The van der Waals surface area contributed by atoms with Crippen LogP contribution < -0.4 is 9.80 Å². The largest absolute Gasteiger partial charge is 0.452 e. The molecule has 0 aliphatic carbocycles. The van der Waals surface area contributed by atoms with Crippen molar-refractivity contribution in [1.82, 2.24) is 34.4 Å². The van der Waals surface area contributed by atoms with E-state index in [9.17, 15) is 26.4 Å². The molecule has 17 heteroatoms. The number of sulfone groups is 1. The number of aromatic nitrogens is 6.